The number of carboxylic acid groups (broad SMARTS) is 1. The minimum absolute atomic E-state index is 0.725. The van der Waals surface area contributed by atoms with Gasteiger partial charge >= 0.3 is 5.97 Å². The Bertz CT molecular complexity index is 990. The molecule has 0 aromatic rings. The van der Waals surface area contributed by atoms with E-state index in [1.807, 2.05) is 0 Å². The smallest absolute Gasteiger partial charge is 0.335 e. The summed E-state index contributed by atoms with van der Waals surface area (Å²) in [6.07, 6.45) is -37.5. The molecule has 4 heterocycles. The van der Waals surface area contributed by atoms with Crippen LogP contribution in [0.5, 0.6) is 0 Å². The van der Waals surface area contributed by atoms with Gasteiger partial charge in [-0.1, -0.05) is 0 Å². The molecule has 4 aliphatic rings. The van der Waals surface area contributed by atoms with Crippen LogP contribution in [0.4, 0.5) is 0 Å². The predicted molar refractivity (Wildman–Crippen MR) is 134 cm³/mol. The van der Waals surface area contributed by atoms with Gasteiger partial charge in [0.1, 0.15) is 91.6 Å². The van der Waals surface area contributed by atoms with E-state index in [9.17, 15) is 76.3 Å². The van der Waals surface area contributed by atoms with Crippen LogP contribution in [-0.2, 0) is 38.0 Å². The summed E-state index contributed by atoms with van der Waals surface area (Å²) in [6, 6.07) is 0. The molecule has 0 radical (unpaired) electrons. The van der Waals surface area contributed by atoms with Crippen LogP contribution >= 0.6 is 0 Å². The van der Waals surface area contributed by atoms with Crippen LogP contribution in [0.3, 0.4) is 0 Å². The first-order valence-electron chi connectivity index (χ1n) is 14.1. The van der Waals surface area contributed by atoms with E-state index in [1.165, 1.54) is 0 Å². The summed E-state index contributed by atoms with van der Waals surface area (Å²) in [5, 5.41) is 141. The highest BCUT2D eigenvalue weighted by atomic mass is 16.8. The third kappa shape index (κ3) is 7.61. The third-order valence-electron chi connectivity index (χ3n) is 8.13. The van der Waals surface area contributed by atoms with Crippen molar-refractivity contribution in [2.45, 2.75) is 123 Å². The van der Waals surface area contributed by atoms with Gasteiger partial charge in [0.25, 0.3) is 0 Å². The molecule has 0 aromatic carbocycles. The molecule has 4 aliphatic heterocycles. The molecule has 1 unspecified atom stereocenters. The van der Waals surface area contributed by atoms with Crippen LogP contribution in [-0.4, -0.2) is 220 Å². The number of ether oxygens (including phenoxy) is 7. The molecular weight excluding hydrogens is 640 g/mol. The number of hydrogen-bond acceptors (Lipinski definition) is 21. The molecule has 0 bridgehead atoms. The van der Waals surface area contributed by atoms with E-state index in [4.69, 9.17) is 33.2 Å². The average Bonchev–Trinajstić information content (AvgIpc) is 3.02. The number of aliphatic carboxylic acids is 1. The highest BCUT2D eigenvalue weighted by Crippen LogP contribution is 2.32. The molecule has 0 saturated carbocycles. The minimum Gasteiger partial charge on any atom is -0.479 e. The van der Waals surface area contributed by atoms with Gasteiger partial charge in [0, 0.05) is 0 Å². The van der Waals surface area contributed by atoms with Crippen LogP contribution in [0.25, 0.3) is 0 Å². The zero-order chi connectivity index (χ0) is 34.2. The topological polar surface area (TPSA) is 365 Å². The van der Waals surface area contributed by atoms with Gasteiger partial charge in [0.05, 0.1) is 19.8 Å². The Morgan fingerprint density at radius 1 is 0.500 bits per heavy atom. The van der Waals surface area contributed by atoms with Gasteiger partial charge in [-0.3, -0.25) is 0 Å². The van der Waals surface area contributed by atoms with E-state index < -0.39 is 149 Å². The third-order valence-corrected chi connectivity index (χ3v) is 8.13. The largest absolute Gasteiger partial charge is 0.479 e. The van der Waals surface area contributed by atoms with Gasteiger partial charge in [-0.15, -0.1) is 0 Å². The normalized spacial score (nSPS) is 51.9. The summed E-state index contributed by atoms with van der Waals surface area (Å²) in [5.74, 6) is -1.75. The molecule has 268 valence electrons. The number of rotatable bonds is 10. The molecule has 14 N–H and O–H groups in total. The SMILES string of the molecule is O=C(O)[C@H]1O[C@@H](O[C@@H]2[C@H](O)[C@@H](O)[C@@H](OC[C@H]3OC(O)[C@H](O)[C@@H](O)[C@@H]3O)O[C@@H]2CO[C@@H]2O[C@H](CO)[C@@H](O)[C@H](O)[C@H]2O)[C@H](O)[C@@H](O)[C@@H]1O. The fourth-order valence-corrected chi connectivity index (χ4v) is 5.32. The minimum atomic E-state index is -2.11. The first-order valence-corrected chi connectivity index (χ1v) is 14.1. The van der Waals surface area contributed by atoms with E-state index in [-0.39, 0.29) is 0 Å². The predicted octanol–water partition coefficient (Wildman–Crippen LogP) is -9.66. The number of carbonyl (C=O) groups is 1. The second-order valence-electron chi connectivity index (χ2n) is 11.3. The Balaban J connectivity index is 1.52. The van der Waals surface area contributed by atoms with Gasteiger partial charge in [0.2, 0.25) is 0 Å². The zero-order valence-electron chi connectivity index (χ0n) is 23.7. The molecular formula is C24H40O22. The van der Waals surface area contributed by atoms with E-state index in [0.29, 0.717) is 0 Å². The van der Waals surface area contributed by atoms with E-state index in [0.717, 1.165) is 0 Å². The molecule has 46 heavy (non-hydrogen) atoms. The van der Waals surface area contributed by atoms with Gasteiger partial charge < -0.3 is 105 Å². The van der Waals surface area contributed by atoms with Crippen molar-refractivity contribution in [3.8, 4) is 0 Å². The highest BCUT2D eigenvalue weighted by molar-refractivity contribution is 5.73. The quantitative estimate of drug-likeness (QED) is 0.102. The first-order chi connectivity index (χ1) is 21.6. The summed E-state index contributed by atoms with van der Waals surface area (Å²) in [7, 11) is 0. The summed E-state index contributed by atoms with van der Waals surface area (Å²) >= 11 is 0. The molecule has 22 nitrogen and oxygen atoms in total. The Labute approximate surface area is 258 Å². The lowest BCUT2D eigenvalue weighted by Crippen LogP contribution is -2.66. The van der Waals surface area contributed by atoms with Crippen molar-refractivity contribution in [3.05, 3.63) is 0 Å². The van der Waals surface area contributed by atoms with Crippen LogP contribution in [0, 0.1) is 0 Å². The molecule has 22 heteroatoms. The second-order valence-corrected chi connectivity index (χ2v) is 11.3. The maximum absolute atomic E-state index is 11.5. The number of aliphatic hydroxyl groups excluding tert-OH is 13. The molecule has 0 aromatic heterocycles. The van der Waals surface area contributed by atoms with E-state index >= 15 is 0 Å². The van der Waals surface area contributed by atoms with Crippen molar-refractivity contribution in [1.82, 2.24) is 0 Å². The maximum atomic E-state index is 11.5. The summed E-state index contributed by atoms with van der Waals surface area (Å²) in [6.45, 7) is -2.32. The Morgan fingerprint density at radius 2 is 0.978 bits per heavy atom. The number of carboxylic acids is 1. The van der Waals surface area contributed by atoms with Crippen molar-refractivity contribution in [3.63, 3.8) is 0 Å². The maximum Gasteiger partial charge on any atom is 0.335 e. The van der Waals surface area contributed by atoms with Crippen molar-refractivity contribution in [1.29, 1.82) is 0 Å². The van der Waals surface area contributed by atoms with E-state index in [1.54, 1.807) is 0 Å². The first kappa shape index (κ1) is 37.5. The standard InChI is InChI=1S/C24H40O22/c25-1-4-7(26)10(29)15(34)22(43-4)41-3-6-18(45-24-16(35)11(30)12(31)19(46-24)20(37)38)13(32)17(36)23(44-6)40-2-5-8(27)9(28)14(33)21(39)42-5/h4-19,21-36,39H,1-3H2,(H,37,38)/t4-,5-,6-,7-,8-,9+,10+,11+,12+,13-,14-,15-,16-,17-,18+,19+,21?,22-,23+,24-/m1/s1. The lowest BCUT2D eigenvalue weighted by Gasteiger charge is -2.46. The molecule has 0 amide bonds. The lowest BCUT2D eigenvalue weighted by molar-refractivity contribution is -0.368. The average molecular weight is 681 g/mol. The molecule has 4 rings (SSSR count). The van der Waals surface area contributed by atoms with Gasteiger partial charge in [-0.05, 0) is 0 Å². The van der Waals surface area contributed by atoms with Crippen molar-refractivity contribution >= 4 is 5.97 Å². The Kier molecular flexibility index (Phi) is 12.6. The van der Waals surface area contributed by atoms with Crippen molar-refractivity contribution in [2.75, 3.05) is 19.8 Å². The Morgan fingerprint density at radius 3 is 1.57 bits per heavy atom. The van der Waals surface area contributed by atoms with Crippen molar-refractivity contribution in [2.24, 2.45) is 0 Å². The molecule has 4 fully saturated rings. The second kappa shape index (κ2) is 15.5. The fraction of sp³-hybridized carbons (Fsp3) is 0.958. The van der Waals surface area contributed by atoms with Crippen LogP contribution < -0.4 is 0 Å². The summed E-state index contributed by atoms with van der Waals surface area (Å²) < 4.78 is 37.4. The monoisotopic (exact) mass is 680 g/mol. The molecule has 0 aliphatic carbocycles. The molecule has 4 saturated heterocycles. The summed E-state index contributed by atoms with van der Waals surface area (Å²) in [5.41, 5.74) is 0. The zero-order valence-corrected chi connectivity index (χ0v) is 23.7. The highest BCUT2D eigenvalue weighted by Gasteiger charge is 2.53. The lowest BCUT2D eigenvalue weighted by atomic mass is 9.96. The van der Waals surface area contributed by atoms with Crippen molar-refractivity contribution < 1.29 is 109 Å². The van der Waals surface area contributed by atoms with Gasteiger partial charge in [-0.2, -0.15) is 0 Å². The molecule has 20 atom stereocenters. The number of hydrogen-bond donors (Lipinski definition) is 14. The Hall–Kier alpha value is -1.33. The molecule has 0 spiro atoms. The van der Waals surface area contributed by atoms with Gasteiger partial charge in [0.15, 0.2) is 31.3 Å². The fourth-order valence-electron chi connectivity index (χ4n) is 5.32. The van der Waals surface area contributed by atoms with Crippen LogP contribution in [0.15, 0.2) is 0 Å². The van der Waals surface area contributed by atoms with E-state index in [2.05, 4.69) is 0 Å². The van der Waals surface area contributed by atoms with Gasteiger partial charge in [-0.25, -0.2) is 4.79 Å². The van der Waals surface area contributed by atoms with Crippen LogP contribution in [0.2, 0.25) is 0 Å². The van der Waals surface area contributed by atoms with Crippen LogP contribution in [0.1, 0.15) is 0 Å². The number of aliphatic hydroxyl groups is 13. The summed E-state index contributed by atoms with van der Waals surface area (Å²) in [4.78, 5) is 11.5.